The number of benzene rings is 3. The van der Waals surface area contributed by atoms with Crippen LogP contribution in [0.3, 0.4) is 0 Å². The highest BCUT2D eigenvalue weighted by Gasteiger charge is 2.37. The smallest absolute Gasteiger partial charge is 0.238 e. The number of fused-ring (bicyclic) bond motifs is 1. The van der Waals surface area contributed by atoms with Gasteiger partial charge < -0.3 is 14.8 Å². The summed E-state index contributed by atoms with van der Waals surface area (Å²) in [6.07, 6.45) is 3.90. The zero-order valence-corrected chi connectivity index (χ0v) is 21.7. The topological polar surface area (TPSA) is 63.2 Å². The molecule has 2 aliphatic rings. The van der Waals surface area contributed by atoms with E-state index in [-0.39, 0.29) is 5.91 Å². The standard InChI is InChI=1S/C31H35N3O3/c1-3-36-27-19-25-26(20-28(27)37-4-2)33-31(35)29(25)30(23-11-7-5-8-12-23)32-24-15-13-22(14-16-24)21-34-17-9-6-10-18-34/h5,7-8,11-16,19-20,29H,3-4,6,9-10,17-18,21H2,1-2H3,(H,33,35). The molecule has 0 saturated carbocycles. The predicted molar refractivity (Wildman–Crippen MR) is 148 cm³/mol. The van der Waals surface area contributed by atoms with E-state index in [1.54, 1.807) is 0 Å². The zero-order valence-electron chi connectivity index (χ0n) is 21.7. The SMILES string of the molecule is CCOc1cc2c(cc1OCC)C(C(=Nc1ccc(CN3CCCCC3)cc1)c1ccccc1)C(=O)N2. The molecule has 192 valence electrons. The number of amides is 1. The first kappa shape index (κ1) is 25.0. The van der Waals surface area contributed by atoms with Gasteiger partial charge in [-0.05, 0) is 74.7 Å². The van der Waals surface area contributed by atoms with Gasteiger partial charge >= 0.3 is 0 Å². The van der Waals surface area contributed by atoms with Gasteiger partial charge in [0.25, 0.3) is 0 Å². The maximum absolute atomic E-state index is 13.4. The number of carbonyl (C=O) groups is 1. The molecule has 1 N–H and O–H groups in total. The number of carbonyl (C=O) groups excluding carboxylic acids is 1. The summed E-state index contributed by atoms with van der Waals surface area (Å²) in [6, 6.07) is 22.1. The fourth-order valence-electron chi connectivity index (χ4n) is 5.17. The summed E-state index contributed by atoms with van der Waals surface area (Å²) in [5, 5.41) is 3.05. The number of hydrogen-bond acceptors (Lipinski definition) is 5. The lowest BCUT2D eigenvalue weighted by molar-refractivity contribution is -0.115. The molecule has 0 radical (unpaired) electrons. The Kier molecular flexibility index (Phi) is 7.85. The predicted octanol–water partition coefficient (Wildman–Crippen LogP) is 6.33. The van der Waals surface area contributed by atoms with Crippen LogP contribution in [0.15, 0.2) is 71.7 Å². The lowest BCUT2D eigenvalue weighted by atomic mass is 9.90. The van der Waals surface area contributed by atoms with E-state index in [9.17, 15) is 4.79 Å². The maximum Gasteiger partial charge on any atom is 0.238 e. The van der Waals surface area contributed by atoms with Crippen LogP contribution in [0.25, 0.3) is 0 Å². The largest absolute Gasteiger partial charge is 0.490 e. The second kappa shape index (κ2) is 11.6. The number of rotatable bonds is 9. The van der Waals surface area contributed by atoms with Crippen LogP contribution in [0.2, 0.25) is 0 Å². The molecule has 0 aliphatic carbocycles. The number of hydrogen-bond donors (Lipinski definition) is 1. The third-order valence-electron chi connectivity index (χ3n) is 6.93. The first-order valence-electron chi connectivity index (χ1n) is 13.4. The molecule has 6 nitrogen and oxygen atoms in total. The summed E-state index contributed by atoms with van der Waals surface area (Å²) in [5.74, 6) is 0.612. The molecule has 0 bridgehead atoms. The fraction of sp³-hybridized carbons (Fsp3) is 0.355. The first-order valence-corrected chi connectivity index (χ1v) is 13.4. The second-order valence-electron chi connectivity index (χ2n) is 9.54. The van der Waals surface area contributed by atoms with Crippen molar-refractivity contribution in [2.75, 3.05) is 31.6 Å². The Hall–Kier alpha value is -3.64. The van der Waals surface area contributed by atoms with E-state index < -0.39 is 5.92 Å². The zero-order chi connectivity index (χ0) is 25.6. The van der Waals surface area contributed by atoms with Crippen LogP contribution in [-0.4, -0.2) is 42.8 Å². The van der Waals surface area contributed by atoms with Crippen LogP contribution in [-0.2, 0) is 11.3 Å². The van der Waals surface area contributed by atoms with E-state index in [0.29, 0.717) is 30.4 Å². The number of aliphatic imine (C=N–C) groups is 1. The lowest BCUT2D eigenvalue weighted by Gasteiger charge is -2.26. The molecular weight excluding hydrogens is 462 g/mol. The molecule has 1 atom stereocenters. The number of ether oxygens (including phenoxy) is 2. The molecule has 1 fully saturated rings. The van der Waals surface area contributed by atoms with Crippen molar-refractivity contribution in [2.45, 2.75) is 45.6 Å². The minimum Gasteiger partial charge on any atom is -0.490 e. The van der Waals surface area contributed by atoms with Crippen LogP contribution in [0.5, 0.6) is 11.5 Å². The van der Waals surface area contributed by atoms with Gasteiger partial charge in [-0.1, -0.05) is 48.9 Å². The summed E-state index contributed by atoms with van der Waals surface area (Å²) < 4.78 is 11.7. The van der Waals surface area contributed by atoms with Gasteiger partial charge in [0.05, 0.1) is 24.6 Å². The molecule has 3 aromatic rings. The summed E-state index contributed by atoms with van der Waals surface area (Å²) in [5.41, 5.74) is 5.34. The Morgan fingerprint density at radius 1 is 0.919 bits per heavy atom. The molecule has 6 heteroatoms. The van der Waals surface area contributed by atoms with Crippen molar-refractivity contribution in [1.82, 2.24) is 4.90 Å². The van der Waals surface area contributed by atoms with Gasteiger partial charge in [-0.2, -0.15) is 0 Å². The highest BCUT2D eigenvalue weighted by molar-refractivity contribution is 6.24. The highest BCUT2D eigenvalue weighted by atomic mass is 16.5. The monoisotopic (exact) mass is 497 g/mol. The molecule has 0 spiro atoms. The molecule has 1 amide bonds. The first-order chi connectivity index (χ1) is 18.2. The summed E-state index contributed by atoms with van der Waals surface area (Å²) in [4.78, 5) is 20.9. The molecule has 37 heavy (non-hydrogen) atoms. The number of anilines is 1. The molecular formula is C31H35N3O3. The molecule has 1 unspecified atom stereocenters. The van der Waals surface area contributed by atoms with Crippen molar-refractivity contribution in [1.29, 1.82) is 0 Å². The summed E-state index contributed by atoms with van der Waals surface area (Å²) in [7, 11) is 0. The van der Waals surface area contributed by atoms with Gasteiger partial charge in [0.1, 0.15) is 5.92 Å². The van der Waals surface area contributed by atoms with Gasteiger partial charge in [-0.15, -0.1) is 0 Å². The van der Waals surface area contributed by atoms with Crippen LogP contribution in [0, 0.1) is 0 Å². The molecule has 2 aliphatic heterocycles. The van der Waals surface area contributed by atoms with Crippen molar-refractivity contribution >= 4 is 23.0 Å². The average Bonchev–Trinajstić information content (AvgIpc) is 3.24. The second-order valence-corrected chi connectivity index (χ2v) is 9.54. The molecule has 3 aromatic carbocycles. The normalized spacial score (nSPS) is 17.8. The van der Waals surface area contributed by atoms with Gasteiger partial charge in [-0.25, -0.2) is 0 Å². The number of nitrogens with zero attached hydrogens (tertiary/aromatic N) is 2. The van der Waals surface area contributed by atoms with Crippen LogP contribution < -0.4 is 14.8 Å². The van der Waals surface area contributed by atoms with E-state index in [1.165, 1.54) is 37.9 Å². The van der Waals surface area contributed by atoms with E-state index in [4.69, 9.17) is 14.5 Å². The fourth-order valence-corrected chi connectivity index (χ4v) is 5.17. The Balaban J connectivity index is 1.50. The number of piperidine rings is 1. The number of likely N-dealkylation sites (tertiary alicyclic amines) is 1. The summed E-state index contributed by atoms with van der Waals surface area (Å²) in [6.45, 7) is 8.20. The molecule has 2 heterocycles. The maximum atomic E-state index is 13.4. The Labute approximate surface area is 219 Å². The number of nitrogens with one attached hydrogen (secondary N) is 1. The van der Waals surface area contributed by atoms with Crippen molar-refractivity contribution in [3.05, 3.63) is 83.4 Å². The van der Waals surface area contributed by atoms with E-state index in [0.717, 1.165) is 29.0 Å². The van der Waals surface area contributed by atoms with Gasteiger partial charge in [0.15, 0.2) is 11.5 Å². The average molecular weight is 498 g/mol. The van der Waals surface area contributed by atoms with Crippen molar-refractivity contribution < 1.29 is 14.3 Å². The van der Waals surface area contributed by atoms with Gasteiger partial charge in [0, 0.05) is 18.3 Å². The Morgan fingerprint density at radius 2 is 1.59 bits per heavy atom. The molecule has 5 rings (SSSR count). The summed E-state index contributed by atoms with van der Waals surface area (Å²) >= 11 is 0. The minimum atomic E-state index is -0.555. The van der Waals surface area contributed by atoms with Crippen LogP contribution >= 0.6 is 0 Å². The molecule has 1 saturated heterocycles. The Bertz CT molecular complexity index is 1250. The third kappa shape index (κ3) is 5.70. The lowest BCUT2D eigenvalue weighted by Crippen LogP contribution is -2.28. The van der Waals surface area contributed by atoms with Crippen molar-refractivity contribution in [2.24, 2.45) is 4.99 Å². The van der Waals surface area contributed by atoms with Gasteiger partial charge in [-0.3, -0.25) is 14.7 Å². The van der Waals surface area contributed by atoms with Crippen LogP contribution in [0.1, 0.15) is 55.7 Å². The van der Waals surface area contributed by atoms with Crippen molar-refractivity contribution in [3.63, 3.8) is 0 Å². The van der Waals surface area contributed by atoms with Crippen molar-refractivity contribution in [3.8, 4) is 11.5 Å². The van der Waals surface area contributed by atoms with E-state index >= 15 is 0 Å². The third-order valence-corrected chi connectivity index (χ3v) is 6.93. The molecule has 0 aromatic heterocycles. The quantitative estimate of drug-likeness (QED) is 0.351. The van der Waals surface area contributed by atoms with Gasteiger partial charge in [0.2, 0.25) is 5.91 Å². The Morgan fingerprint density at radius 3 is 2.27 bits per heavy atom. The minimum absolute atomic E-state index is 0.101. The van der Waals surface area contributed by atoms with E-state index in [2.05, 4.69) is 34.5 Å². The van der Waals surface area contributed by atoms with E-state index in [1.807, 2.05) is 56.3 Å². The highest BCUT2D eigenvalue weighted by Crippen LogP contribution is 2.43. The van der Waals surface area contributed by atoms with Crippen LogP contribution in [0.4, 0.5) is 11.4 Å².